The maximum Gasteiger partial charge on any atom is 0.501 e. The third-order valence-corrected chi connectivity index (χ3v) is 3.08. The Morgan fingerprint density at radius 1 is 1.25 bits per heavy atom. The van der Waals surface area contributed by atoms with E-state index in [4.69, 9.17) is 8.37 Å². The minimum Gasteiger partial charge on any atom is -0.385 e. The maximum atomic E-state index is 11.2. The van der Waals surface area contributed by atoms with Gasteiger partial charge in [0, 0.05) is 17.8 Å². The molecule has 0 aromatic heterocycles. The minimum atomic E-state index is -3.90. The van der Waals surface area contributed by atoms with E-state index >= 15 is 0 Å². The van der Waals surface area contributed by atoms with Crippen LogP contribution < -0.4 is 13.7 Å². The summed E-state index contributed by atoms with van der Waals surface area (Å²) in [5.74, 6) is 0.569. The molecule has 0 fully saturated rings. The van der Waals surface area contributed by atoms with E-state index in [1.807, 2.05) is 13.8 Å². The van der Waals surface area contributed by atoms with Gasteiger partial charge < -0.3 is 13.7 Å². The van der Waals surface area contributed by atoms with Crippen molar-refractivity contribution in [2.24, 2.45) is 0 Å². The Balaban J connectivity index is 2.52. The van der Waals surface area contributed by atoms with Gasteiger partial charge in [0.15, 0.2) is 11.5 Å². The molecule has 88 valence electrons. The predicted octanol–water partition coefficient (Wildman–Crippen LogP) is 1.70. The largest absolute Gasteiger partial charge is 0.501 e. The van der Waals surface area contributed by atoms with Crippen molar-refractivity contribution in [1.82, 2.24) is 0 Å². The molecule has 16 heavy (non-hydrogen) atoms. The van der Waals surface area contributed by atoms with E-state index in [0.717, 1.165) is 17.8 Å². The molecule has 1 heterocycles. The molecule has 0 saturated heterocycles. The monoisotopic (exact) mass is 243 g/mol. The zero-order chi connectivity index (χ0) is 11.8. The number of hydrogen-bond donors (Lipinski definition) is 1. The number of hydrogen-bond acceptors (Lipinski definition) is 5. The molecule has 1 aromatic carbocycles. The summed E-state index contributed by atoms with van der Waals surface area (Å²) in [4.78, 5) is 0. The fraction of sp³-hybridized carbons (Fsp3) is 0.400. The van der Waals surface area contributed by atoms with Crippen LogP contribution in [0.5, 0.6) is 11.5 Å². The second-order valence-electron chi connectivity index (χ2n) is 3.38. The zero-order valence-corrected chi connectivity index (χ0v) is 9.93. The summed E-state index contributed by atoms with van der Waals surface area (Å²) in [6.45, 7) is 4.67. The molecule has 0 aliphatic carbocycles. The highest BCUT2D eigenvalue weighted by Gasteiger charge is 2.31. The van der Waals surface area contributed by atoms with Crippen LogP contribution in [0, 0.1) is 0 Å². The molecule has 1 aliphatic rings. The molecule has 0 saturated carbocycles. The first-order chi connectivity index (χ1) is 7.57. The van der Waals surface area contributed by atoms with Crippen LogP contribution in [0.3, 0.4) is 0 Å². The second kappa shape index (κ2) is 3.86. The van der Waals surface area contributed by atoms with Crippen LogP contribution >= 0.6 is 0 Å². The van der Waals surface area contributed by atoms with Gasteiger partial charge in [0.05, 0.1) is 0 Å². The lowest BCUT2D eigenvalue weighted by molar-refractivity contribution is 0.436. The van der Waals surface area contributed by atoms with Crippen molar-refractivity contribution >= 4 is 16.1 Å². The van der Waals surface area contributed by atoms with Crippen molar-refractivity contribution < 1.29 is 16.8 Å². The van der Waals surface area contributed by atoms with E-state index in [-0.39, 0.29) is 5.75 Å². The van der Waals surface area contributed by atoms with Gasteiger partial charge in [-0.15, -0.1) is 8.42 Å². The lowest BCUT2D eigenvalue weighted by atomic mass is 10.1. The van der Waals surface area contributed by atoms with Gasteiger partial charge >= 0.3 is 10.4 Å². The van der Waals surface area contributed by atoms with Crippen molar-refractivity contribution in [3.05, 3.63) is 17.7 Å². The van der Waals surface area contributed by atoms with Gasteiger partial charge in [-0.2, -0.15) is 0 Å². The van der Waals surface area contributed by atoms with Gasteiger partial charge in [-0.25, -0.2) is 0 Å². The van der Waals surface area contributed by atoms with Crippen LogP contribution in [0.4, 0.5) is 5.69 Å². The number of rotatable bonds is 3. The molecule has 0 spiro atoms. The van der Waals surface area contributed by atoms with E-state index in [1.54, 1.807) is 12.1 Å². The standard InChI is InChI=1S/C10H13NO4S/c1-3-7-8(11-4-2)5-6-9-10(7)15-16(12,13)14-9/h5-6,11H,3-4H2,1-2H3. The number of anilines is 1. The average molecular weight is 243 g/mol. The first-order valence-corrected chi connectivity index (χ1v) is 6.44. The highest BCUT2D eigenvalue weighted by atomic mass is 32.3. The molecule has 6 heteroatoms. The highest BCUT2D eigenvalue weighted by Crippen LogP contribution is 2.42. The number of fused-ring (bicyclic) bond motifs is 1. The lowest BCUT2D eigenvalue weighted by Crippen LogP contribution is -2.08. The van der Waals surface area contributed by atoms with Crippen LogP contribution in [-0.2, 0) is 16.8 Å². The molecule has 1 aliphatic heterocycles. The summed E-state index contributed by atoms with van der Waals surface area (Å²) in [7, 11) is -3.90. The molecule has 1 aromatic rings. The zero-order valence-electron chi connectivity index (χ0n) is 9.11. The van der Waals surface area contributed by atoms with E-state index < -0.39 is 10.4 Å². The summed E-state index contributed by atoms with van der Waals surface area (Å²) in [6, 6.07) is 3.39. The summed E-state index contributed by atoms with van der Waals surface area (Å²) in [6.07, 6.45) is 0.671. The van der Waals surface area contributed by atoms with Gasteiger partial charge in [0.25, 0.3) is 0 Å². The van der Waals surface area contributed by atoms with Crippen molar-refractivity contribution in [2.75, 3.05) is 11.9 Å². The molecule has 0 atom stereocenters. The molecule has 0 radical (unpaired) electrons. The molecule has 0 amide bonds. The van der Waals surface area contributed by atoms with Gasteiger partial charge in [-0.05, 0) is 25.5 Å². The van der Waals surface area contributed by atoms with Crippen molar-refractivity contribution in [3.63, 3.8) is 0 Å². The van der Waals surface area contributed by atoms with Crippen molar-refractivity contribution in [3.8, 4) is 11.5 Å². The van der Waals surface area contributed by atoms with Crippen LogP contribution in [0.1, 0.15) is 19.4 Å². The number of benzene rings is 1. The smallest absolute Gasteiger partial charge is 0.385 e. The summed E-state index contributed by atoms with van der Waals surface area (Å²) in [5.41, 5.74) is 1.70. The Bertz CT molecular complexity index is 510. The molecule has 0 unspecified atom stereocenters. The molecular weight excluding hydrogens is 230 g/mol. The van der Waals surface area contributed by atoms with Gasteiger partial charge in [-0.1, -0.05) is 6.92 Å². The highest BCUT2D eigenvalue weighted by molar-refractivity contribution is 7.82. The Hall–Kier alpha value is -1.43. The minimum absolute atomic E-state index is 0.263. The Morgan fingerprint density at radius 3 is 2.62 bits per heavy atom. The Morgan fingerprint density at radius 2 is 2.00 bits per heavy atom. The van der Waals surface area contributed by atoms with E-state index in [2.05, 4.69) is 5.32 Å². The first kappa shape index (κ1) is 11.1. The molecule has 0 bridgehead atoms. The van der Waals surface area contributed by atoms with Crippen LogP contribution in [0.2, 0.25) is 0 Å². The van der Waals surface area contributed by atoms with E-state index in [0.29, 0.717) is 12.2 Å². The quantitative estimate of drug-likeness (QED) is 0.875. The third kappa shape index (κ3) is 1.80. The Labute approximate surface area is 94.7 Å². The summed E-state index contributed by atoms with van der Waals surface area (Å²) < 4.78 is 31.8. The van der Waals surface area contributed by atoms with Gasteiger partial charge in [-0.3, -0.25) is 0 Å². The van der Waals surface area contributed by atoms with E-state index in [9.17, 15) is 8.42 Å². The molecular formula is C10H13NO4S. The van der Waals surface area contributed by atoms with Crippen LogP contribution in [0.25, 0.3) is 0 Å². The van der Waals surface area contributed by atoms with Crippen molar-refractivity contribution in [1.29, 1.82) is 0 Å². The van der Waals surface area contributed by atoms with Crippen LogP contribution in [-0.4, -0.2) is 15.0 Å². The second-order valence-corrected chi connectivity index (χ2v) is 4.53. The normalized spacial score (nSPS) is 16.1. The van der Waals surface area contributed by atoms with E-state index in [1.165, 1.54) is 0 Å². The fourth-order valence-corrected chi connectivity index (χ4v) is 2.47. The number of nitrogens with one attached hydrogen (secondary N) is 1. The average Bonchev–Trinajstić information content (AvgIpc) is 2.52. The SMILES string of the molecule is CCNc1ccc2c(c1CC)OS(=O)(=O)O2. The predicted molar refractivity (Wildman–Crippen MR) is 60.2 cm³/mol. The summed E-state index contributed by atoms with van der Waals surface area (Å²) >= 11 is 0. The topological polar surface area (TPSA) is 64.6 Å². The molecule has 5 nitrogen and oxygen atoms in total. The Kier molecular flexibility index (Phi) is 2.67. The van der Waals surface area contributed by atoms with Crippen LogP contribution in [0.15, 0.2) is 12.1 Å². The summed E-state index contributed by atoms with van der Waals surface area (Å²) in [5, 5.41) is 3.15. The lowest BCUT2D eigenvalue weighted by Gasteiger charge is -2.10. The molecule has 1 N–H and O–H groups in total. The van der Waals surface area contributed by atoms with Crippen molar-refractivity contribution in [2.45, 2.75) is 20.3 Å². The van der Waals surface area contributed by atoms with Gasteiger partial charge in [0.2, 0.25) is 0 Å². The van der Waals surface area contributed by atoms with Gasteiger partial charge in [0.1, 0.15) is 0 Å². The maximum absolute atomic E-state index is 11.2. The third-order valence-electron chi connectivity index (χ3n) is 2.32. The molecule has 2 rings (SSSR count). The first-order valence-electron chi connectivity index (χ1n) is 5.11. The fourth-order valence-electron chi connectivity index (χ4n) is 1.70.